The summed E-state index contributed by atoms with van der Waals surface area (Å²) in [5.41, 5.74) is 0.689. The third-order valence-electron chi connectivity index (χ3n) is 4.47. The summed E-state index contributed by atoms with van der Waals surface area (Å²) in [6.45, 7) is -1.18. The summed E-state index contributed by atoms with van der Waals surface area (Å²) in [5.74, 6) is 0.465. The molecule has 0 amide bonds. The highest BCUT2D eigenvalue weighted by molar-refractivity contribution is 9.10. The molecule has 4 rings (SSSR count). The van der Waals surface area contributed by atoms with Gasteiger partial charge in [-0.2, -0.15) is 8.78 Å². The molecule has 0 bridgehead atoms. The van der Waals surface area contributed by atoms with Crippen LogP contribution >= 0.6 is 15.9 Å². The van der Waals surface area contributed by atoms with Crippen LogP contribution in [-0.4, -0.2) is 42.9 Å². The van der Waals surface area contributed by atoms with Gasteiger partial charge >= 0.3 is 6.61 Å². The monoisotopic (exact) mass is 439 g/mol. The number of halogens is 3. The van der Waals surface area contributed by atoms with Crippen molar-refractivity contribution in [3.8, 4) is 17.0 Å². The molecule has 1 saturated carbocycles. The minimum Gasteiger partial charge on any atom is -0.434 e. The van der Waals surface area contributed by atoms with Gasteiger partial charge in [-0.25, -0.2) is 4.98 Å². The second-order valence-electron chi connectivity index (χ2n) is 6.79. The fourth-order valence-electron chi connectivity index (χ4n) is 3.30. The van der Waals surface area contributed by atoms with Crippen LogP contribution in [0, 0.1) is 0 Å². The van der Waals surface area contributed by atoms with E-state index in [1.165, 1.54) is 6.07 Å². The summed E-state index contributed by atoms with van der Waals surface area (Å²) in [7, 11) is 0. The van der Waals surface area contributed by atoms with E-state index in [2.05, 4.69) is 41.2 Å². The molecule has 142 valence electrons. The van der Waals surface area contributed by atoms with E-state index in [4.69, 9.17) is 0 Å². The van der Waals surface area contributed by atoms with Crippen molar-refractivity contribution in [2.75, 3.05) is 5.32 Å². The normalized spacial score (nSPS) is 22.1. The molecular formula is C17H16BrF2N5O2. The Hall–Kier alpha value is -2.33. The van der Waals surface area contributed by atoms with Crippen molar-refractivity contribution < 1.29 is 18.6 Å². The Bertz CT molecular complexity index is 987. The van der Waals surface area contributed by atoms with Gasteiger partial charge in [0.25, 0.3) is 0 Å². The summed E-state index contributed by atoms with van der Waals surface area (Å²) in [6.07, 6.45) is 4.36. The van der Waals surface area contributed by atoms with Gasteiger partial charge in [0.1, 0.15) is 17.8 Å². The van der Waals surface area contributed by atoms with Crippen LogP contribution in [0.15, 0.2) is 35.2 Å². The van der Waals surface area contributed by atoms with E-state index in [0.717, 1.165) is 0 Å². The number of benzene rings is 1. The summed E-state index contributed by atoms with van der Waals surface area (Å²) < 4.78 is 32.5. The standard InChI is InChI=1S/C17H16BrF2N5O2/c1-17(26)5-10(6-17)22-16-24-23-14(12-7-21-8-25(12)16)11-3-2-9(18)4-13(11)27-15(19)20/h2-4,7-8,10,15,26H,5-6H2,1H3,(H,22,24). The van der Waals surface area contributed by atoms with E-state index in [9.17, 15) is 13.9 Å². The largest absolute Gasteiger partial charge is 0.434 e. The topological polar surface area (TPSA) is 84.6 Å². The maximum absolute atomic E-state index is 12.8. The van der Waals surface area contributed by atoms with Gasteiger partial charge in [0.2, 0.25) is 5.95 Å². The SMILES string of the molecule is CC1(O)CC(Nc2nnc(-c3ccc(Br)cc3OC(F)F)c3cncn23)C1. The summed E-state index contributed by atoms with van der Waals surface area (Å²) in [5, 5.41) is 21.5. The molecule has 2 aromatic heterocycles. The highest BCUT2D eigenvalue weighted by Gasteiger charge is 2.38. The van der Waals surface area contributed by atoms with Crippen LogP contribution < -0.4 is 10.1 Å². The Balaban J connectivity index is 1.72. The van der Waals surface area contributed by atoms with Crippen molar-refractivity contribution in [1.82, 2.24) is 19.6 Å². The second kappa shape index (κ2) is 6.68. The number of imidazole rings is 1. The van der Waals surface area contributed by atoms with Gasteiger partial charge in [0, 0.05) is 16.1 Å². The van der Waals surface area contributed by atoms with E-state index >= 15 is 0 Å². The van der Waals surface area contributed by atoms with Crippen molar-refractivity contribution in [3.63, 3.8) is 0 Å². The second-order valence-corrected chi connectivity index (χ2v) is 7.70. The molecule has 0 unspecified atom stereocenters. The third-order valence-corrected chi connectivity index (χ3v) is 4.97. The highest BCUT2D eigenvalue weighted by atomic mass is 79.9. The van der Waals surface area contributed by atoms with Crippen LogP contribution in [-0.2, 0) is 0 Å². The predicted octanol–water partition coefficient (Wildman–Crippen LogP) is 3.48. The number of alkyl halides is 2. The Morgan fingerprint density at radius 3 is 2.85 bits per heavy atom. The molecule has 0 radical (unpaired) electrons. The first-order valence-electron chi connectivity index (χ1n) is 8.25. The first-order chi connectivity index (χ1) is 12.8. The Labute approximate surface area is 161 Å². The summed E-state index contributed by atoms with van der Waals surface area (Å²) in [6, 6.07) is 4.88. The number of ether oxygens (including phenoxy) is 1. The van der Waals surface area contributed by atoms with E-state index in [0.29, 0.717) is 40.0 Å². The molecule has 2 heterocycles. The van der Waals surface area contributed by atoms with Crippen LogP contribution in [0.5, 0.6) is 5.75 Å². The molecule has 7 nitrogen and oxygen atoms in total. The fourth-order valence-corrected chi connectivity index (χ4v) is 3.64. The summed E-state index contributed by atoms with van der Waals surface area (Å²) >= 11 is 3.25. The Morgan fingerprint density at radius 1 is 1.37 bits per heavy atom. The highest BCUT2D eigenvalue weighted by Crippen LogP contribution is 2.36. The van der Waals surface area contributed by atoms with Crippen molar-refractivity contribution in [2.45, 2.75) is 38.0 Å². The number of fused-ring (bicyclic) bond motifs is 1. The number of hydrogen-bond acceptors (Lipinski definition) is 6. The molecule has 27 heavy (non-hydrogen) atoms. The van der Waals surface area contributed by atoms with Crippen molar-refractivity contribution in [1.29, 1.82) is 0 Å². The fraction of sp³-hybridized carbons (Fsp3) is 0.353. The van der Waals surface area contributed by atoms with E-state index in [1.807, 2.05) is 0 Å². The molecule has 0 atom stereocenters. The lowest BCUT2D eigenvalue weighted by molar-refractivity contribution is -0.0495. The number of nitrogens with one attached hydrogen (secondary N) is 1. The van der Waals surface area contributed by atoms with Crippen LogP contribution in [0.2, 0.25) is 0 Å². The van der Waals surface area contributed by atoms with Crippen LogP contribution in [0.3, 0.4) is 0 Å². The van der Waals surface area contributed by atoms with Crippen molar-refractivity contribution in [2.24, 2.45) is 0 Å². The van der Waals surface area contributed by atoms with E-state index in [1.54, 1.807) is 36.0 Å². The van der Waals surface area contributed by atoms with Crippen LogP contribution in [0.25, 0.3) is 16.8 Å². The van der Waals surface area contributed by atoms with Crippen molar-refractivity contribution >= 4 is 27.4 Å². The molecule has 3 aromatic rings. The average molecular weight is 440 g/mol. The molecule has 0 spiro atoms. The van der Waals surface area contributed by atoms with Gasteiger partial charge in [-0.15, -0.1) is 10.2 Å². The lowest BCUT2D eigenvalue weighted by Crippen LogP contribution is -2.48. The molecule has 1 fully saturated rings. The number of aromatic nitrogens is 4. The lowest BCUT2D eigenvalue weighted by atomic mass is 9.77. The first-order valence-corrected chi connectivity index (χ1v) is 9.04. The smallest absolute Gasteiger partial charge is 0.387 e. The molecule has 1 aliphatic rings. The summed E-state index contributed by atoms with van der Waals surface area (Å²) in [4.78, 5) is 4.13. The molecule has 2 N–H and O–H groups in total. The third kappa shape index (κ3) is 3.59. The number of nitrogens with zero attached hydrogens (tertiary/aromatic N) is 4. The molecular weight excluding hydrogens is 424 g/mol. The molecule has 0 aliphatic heterocycles. The zero-order valence-corrected chi connectivity index (χ0v) is 15.8. The van der Waals surface area contributed by atoms with Gasteiger partial charge in [-0.05, 0) is 38.0 Å². The van der Waals surface area contributed by atoms with Gasteiger partial charge in [0.15, 0.2) is 0 Å². The van der Waals surface area contributed by atoms with Gasteiger partial charge < -0.3 is 15.2 Å². The minimum absolute atomic E-state index is 0.00692. The maximum Gasteiger partial charge on any atom is 0.387 e. The average Bonchev–Trinajstić information content (AvgIpc) is 3.03. The number of hydrogen-bond donors (Lipinski definition) is 2. The zero-order valence-electron chi connectivity index (χ0n) is 14.2. The minimum atomic E-state index is -2.96. The Kier molecular flexibility index (Phi) is 4.47. The Morgan fingerprint density at radius 2 is 2.15 bits per heavy atom. The van der Waals surface area contributed by atoms with Gasteiger partial charge in [0.05, 0.1) is 17.3 Å². The first kappa shape index (κ1) is 18.1. The molecule has 0 saturated heterocycles. The van der Waals surface area contributed by atoms with Gasteiger partial charge in [-0.3, -0.25) is 4.40 Å². The predicted molar refractivity (Wildman–Crippen MR) is 97.8 cm³/mol. The molecule has 1 aliphatic carbocycles. The lowest BCUT2D eigenvalue weighted by Gasteiger charge is -2.41. The zero-order chi connectivity index (χ0) is 19.2. The maximum atomic E-state index is 12.8. The van der Waals surface area contributed by atoms with Gasteiger partial charge in [-0.1, -0.05) is 15.9 Å². The number of anilines is 1. The molecule has 1 aromatic carbocycles. The molecule has 10 heteroatoms. The van der Waals surface area contributed by atoms with Crippen molar-refractivity contribution in [3.05, 3.63) is 35.2 Å². The quantitative estimate of drug-likeness (QED) is 0.632. The van der Waals surface area contributed by atoms with Crippen LogP contribution in [0.1, 0.15) is 19.8 Å². The van der Waals surface area contributed by atoms with Crippen LogP contribution in [0.4, 0.5) is 14.7 Å². The van der Waals surface area contributed by atoms with E-state index in [-0.39, 0.29) is 11.8 Å². The number of rotatable bonds is 5. The number of aliphatic hydroxyl groups is 1. The van der Waals surface area contributed by atoms with E-state index < -0.39 is 12.2 Å².